The SMILES string of the molecule is CCCCc1cc2c(CC)cccc2[s+]1C(F)(F)F.F[B-](F)(F)F. The summed E-state index contributed by atoms with van der Waals surface area (Å²) in [6.45, 7) is 3.99. The standard InChI is InChI=1S/C15H18F3S.BF4/c1-3-5-8-12-10-13-11(4-2)7-6-9-14(13)19(12)15(16,17)18;2-1(3,4)5/h6-7,9-10H,3-5,8H2,1-2H3;/q+1;-1. The summed E-state index contributed by atoms with van der Waals surface area (Å²) >= 11 is 0. The van der Waals surface area contributed by atoms with Crippen LogP contribution in [0.25, 0.3) is 10.1 Å². The fraction of sp³-hybridized carbons (Fsp3) is 0.467. The highest BCUT2D eigenvalue weighted by atomic mass is 32.2. The second kappa shape index (κ2) is 8.22. The van der Waals surface area contributed by atoms with Crippen LogP contribution in [-0.2, 0) is 18.3 Å². The van der Waals surface area contributed by atoms with Crippen molar-refractivity contribution in [2.45, 2.75) is 45.0 Å². The third kappa shape index (κ3) is 6.00. The molecule has 0 radical (unpaired) electrons. The second-order valence-corrected chi connectivity index (χ2v) is 7.18. The van der Waals surface area contributed by atoms with Crippen LogP contribution in [0.5, 0.6) is 0 Å². The third-order valence-corrected chi connectivity index (χ3v) is 5.44. The molecule has 0 saturated carbocycles. The molecule has 1 atom stereocenters. The lowest BCUT2D eigenvalue weighted by Gasteiger charge is -2.00. The summed E-state index contributed by atoms with van der Waals surface area (Å²) in [5, 5.41) is 0.816. The van der Waals surface area contributed by atoms with Gasteiger partial charge in [0.2, 0.25) is 0 Å². The number of aryl methyl sites for hydroxylation is 2. The molecule has 9 heteroatoms. The van der Waals surface area contributed by atoms with Gasteiger partial charge in [-0.1, -0.05) is 32.4 Å². The smallest absolute Gasteiger partial charge is 0.418 e. The Labute approximate surface area is 138 Å². The first-order chi connectivity index (χ1) is 11.0. The first kappa shape index (κ1) is 20.8. The van der Waals surface area contributed by atoms with Crippen LogP contribution >= 0.6 is 10.5 Å². The Kier molecular flexibility index (Phi) is 7.13. The Bertz CT molecular complexity index is 652. The molecule has 1 unspecified atom stereocenters. The zero-order chi connectivity index (χ0) is 18.5. The molecule has 0 nitrogen and oxygen atoms in total. The summed E-state index contributed by atoms with van der Waals surface area (Å²) in [4.78, 5) is 0.560. The molecule has 0 saturated heterocycles. The van der Waals surface area contributed by atoms with E-state index in [1.54, 1.807) is 18.2 Å². The van der Waals surface area contributed by atoms with Crippen molar-refractivity contribution in [3.8, 4) is 0 Å². The lowest BCUT2D eigenvalue weighted by Crippen LogP contribution is -2.02. The molecule has 2 rings (SSSR count). The van der Waals surface area contributed by atoms with Crippen molar-refractivity contribution in [1.29, 1.82) is 0 Å². The number of halogens is 7. The highest BCUT2D eigenvalue weighted by Crippen LogP contribution is 2.51. The van der Waals surface area contributed by atoms with E-state index in [2.05, 4.69) is 0 Å². The molecule has 136 valence electrons. The van der Waals surface area contributed by atoms with E-state index < -0.39 is 23.2 Å². The third-order valence-electron chi connectivity index (χ3n) is 3.33. The predicted molar refractivity (Wildman–Crippen MR) is 85.9 cm³/mol. The Morgan fingerprint density at radius 1 is 1.04 bits per heavy atom. The maximum Gasteiger partial charge on any atom is 0.673 e. The number of unbranched alkanes of at least 4 members (excludes halogenated alkanes) is 1. The lowest BCUT2D eigenvalue weighted by atomic mass is 10.1. The van der Waals surface area contributed by atoms with Crippen LogP contribution in [0.4, 0.5) is 30.4 Å². The van der Waals surface area contributed by atoms with Crippen LogP contribution in [0.2, 0.25) is 0 Å². The van der Waals surface area contributed by atoms with E-state index in [4.69, 9.17) is 0 Å². The molecule has 1 aromatic heterocycles. The van der Waals surface area contributed by atoms with E-state index in [0.29, 0.717) is 16.0 Å². The van der Waals surface area contributed by atoms with Crippen molar-refractivity contribution in [1.82, 2.24) is 0 Å². The maximum absolute atomic E-state index is 13.3. The largest absolute Gasteiger partial charge is 0.673 e. The lowest BCUT2D eigenvalue weighted by molar-refractivity contribution is -0.0867. The van der Waals surface area contributed by atoms with Crippen LogP contribution < -0.4 is 0 Å². The van der Waals surface area contributed by atoms with Gasteiger partial charge in [0.25, 0.3) is 0 Å². The molecule has 0 aliphatic carbocycles. The Morgan fingerprint density at radius 2 is 1.62 bits per heavy atom. The average Bonchev–Trinajstić information content (AvgIpc) is 2.81. The van der Waals surface area contributed by atoms with Crippen molar-refractivity contribution in [2.24, 2.45) is 0 Å². The summed E-state index contributed by atoms with van der Waals surface area (Å²) in [7, 11) is -7.71. The van der Waals surface area contributed by atoms with Gasteiger partial charge in [-0.15, -0.1) is 13.2 Å². The van der Waals surface area contributed by atoms with Crippen LogP contribution in [0, 0.1) is 0 Å². The minimum Gasteiger partial charge on any atom is -0.418 e. The predicted octanol–water partition coefficient (Wildman–Crippen LogP) is 7.27. The highest BCUT2D eigenvalue weighted by molar-refractivity contribution is 7.38. The van der Waals surface area contributed by atoms with E-state index in [0.717, 1.165) is 30.2 Å². The van der Waals surface area contributed by atoms with Gasteiger partial charge in [-0.3, -0.25) is 0 Å². The van der Waals surface area contributed by atoms with E-state index in [1.165, 1.54) is 0 Å². The molecule has 1 heterocycles. The summed E-state index contributed by atoms with van der Waals surface area (Å²) < 4.78 is 79.4. The number of alkyl halides is 3. The fourth-order valence-corrected chi connectivity index (χ4v) is 4.44. The number of fused-ring (bicyclic) bond motifs is 1. The van der Waals surface area contributed by atoms with Gasteiger partial charge in [0.05, 0.1) is 10.5 Å². The summed E-state index contributed by atoms with van der Waals surface area (Å²) in [6.07, 6.45) is 3.07. The highest BCUT2D eigenvalue weighted by Gasteiger charge is 2.47. The fourth-order valence-electron chi connectivity index (χ4n) is 2.40. The van der Waals surface area contributed by atoms with E-state index in [-0.39, 0.29) is 0 Å². The first-order valence-electron chi connectivity index (χ1n) is 7.49. The van der Waals surface area contributed by atoms with Crippen LogP contribution in [0.1, 0.15) is 37.1 Å². The second-order valence-electron chi connectivity index (χ2n) is 5.14. The molecule has 0 amide bonds. The van der Waals surface area contributed by atoms with Crippen molar-refractivity contribution < 1.29 is 30.4 Å². The van der Waals surface area contributed by atoms with E-state index in [9.17, 15) is 30.4 Å². The summed E-state index contributed by atoms with van der Waals surface area (Å²) in [5.41, 5.74) is -3.14. The molecule has 24 heavy (non-hydrogen) atoms. The minimum absolute atomic E-state index is 0.470. The van der Waals surface area contributed by atoms with Crippen molar-refractivity contribution in [2.75, 3.05) is 0 Å². The molecule has 1 aromatic carbocycles. The van der Waals surface area contributed by atoms with Gasteiger partial charge < -0.3 is 17.3 Å². The first-order valence-corrected chi connectivity index (χ1v) is 8.72. The zero-order valence-electron chi connectivity index (χ0n) is 13.3. The minimum atomic E-state index is -6.00. The number of hydrogen-bond donors (Lipinski definition) is 0. The van der Waals surface area contributed by atoms with Crippen molar-refractivity contribution in [3.63, 3.8) is 0 Å². The Hall–Kier alpha value is -1.25. The monoisotopic (exact) mass is 374 g/mol. The van der Waals surface area contributed by atoms with Gasteiger partial charge in [-0.05, 0) is 24.5 Å². The van der Waals surface area contributed by atoms with Gasteiger partial charge >= 0.3 is 12.8 Å². The topological polar surface area (TPSA) is 0 Å². The van der Waals surface area contributed by atoms with E-state index >= 15 is 0 Å². The Balaban J connectivity index is 0.000000505. The number of benzene rings is 1. The molecule has 0 aliphatic heterocycles. The summed E-state index contributed by atoms with van der Waals surface area (Å²) in [5.74, 6) is 0. The molecule has 0 fully saturated rings. The Morgan fingerprint density at radius 3 is 2.08 bits per heavy atom. The zero-order valence-corrected chi connectivity index (χ0v) is 14.1. The van der Waals surface area contributed by atoms with Crippen LogP contribution in [0.3, 0.4) is 0 Å². The molecule has 0 bridgehead atoms. The maximum atomic E-state index is 13.3. The van der Waals surface area contributed by atoms with Gasteiger partial charge in [-0.25, -0.2) is 0 Å². The number of hydrogen-bond acceptors (Lipinski definition) is 0. The van der Waals surface area contributed by atoms with Crippen molar-refractivity contribution >= 4 is 27.8 Å². The molecule has 0 spiro atoms. The van der Waals surface area contributed by atoms with E-state index in [1.807, 2.05) is 19.9 Å². The molecule has 0 aliphatic rings. The quantitative estimate of drug-likeness (QED) is 0.300. The van der Waals surface area contributed by atoms with Gasteiger partial charge in [0.1, 0.15) is 0 Å². The molecule has 2 aromatic rings. The van der Waals surface area contributed by atoms with Crippen LogP contribution in [0.15, 0.2) is 24.3 Å². The molecule has 0 N–H and O–H groups in total. The number of rotatable bonds is 4. The molecular weight excluding hydrogens is 356 g/mol. The van der Waals surface area contributed by atoms with Crippen molar-refractivity contribution in [3.05, 3.63) is 34.7 Å². The van der Waals surface area contributed by atoms with Gasteiger partial charge in [-0.2, -0.15) is 0 Å². The summed E-state index contributed by atoms with van der Waals surface area (Å²) in [6, 6.07) is 7.11. The average molecular weight is 374 g/mol. The normalized spacial score (nSPS) is 13.0. The van der Waals surface area contributed by atoms with Gasteiger partial charge in [0, 0.05) is 17.9 Å². The number of thiophene rings is 1. The van der Waals surface area contributed by atoms with Crippen LogP contribution in [-0.4, -0.2) is 7.25 Å². The molecular formula is C15H18BF7S. The van der Waals surface area contributed by atoms with Gasteiger partial charge in [0.15, 0.2) is 9.58 Å².